The van der Waals surface area contributed by atoms with E-state index in [9.17, 15) is 24.3 Å². The Hall–Kier alpha value is -2.83. The number of nitrogens with one attached hydrogen (secondary N) is 1. The molecule has 1 aliphatic rings. The molecule has 8 atom stereocenters. The molecule has 0 aliphatic carbocycles. The number of thioether (sulfide) groups is 1. The Kier molecular flexibility index (Phi) is 18.4. The van der Waals surface area contributed by atoms with Crippen LogP contribution in [0.15, 0.2) is 24.3 Å². The van der Waals surface area contributed by atoms with Crippen molar-refractivity contribution in [3.63, 3.8) is 0 Å². The Balaban J connectivity index is 2.24. The molecule has 296 valence electrons. The number of rotatable bonds is 20. The second-order valence-electron chi connectivity index (χ2n) is 15.7. The zero-order valence-corrected chi connectivity index (χ0v) is 35.0. The van der Waals surface area contributed by atoms with Crippen LogP contribution < -0.4 is 5.32 Å². The number of benzene rings is 1. The molecule has 0 aromatic heterocycles. The Morgan fingerprint density at radius 3 is 2.19 bits per heavy atom. The normalized spacial score (nSPS) is 18.8. The molecule has 12 heteroatoms. The number of phenols is 1. The summed E-state index contributed by atoms with van der Waals surface area (Å²) in [5.41, 5.74) is 0.964. The van der Waals surface area contributed by atoms with Gasteiger partial charge in [0, 0.05) is 51.5 Å². The smallest absolute Gasteiger partial charge is 0.245 e. The fourth-order valence-electron chi connectivity index (χ4n) is 7.87. The third-order valence-electron chi connectivity index (χ3n) is 10.9. The maximum Gasteiger partial charge on any atom is 0.245 e. The number of carbonyl (C=O) groups is 4. The molecule has 2 rings (SSSR count). The van der Waals surface area contributed by atoms with E-state index in [1.54, 1.807) is 53.9 Å². The van der Waals surface area contributed by atoms with Crippen molar-refractivity contribution < 1.29 is 29.0 Å². The fraction of sp³-hybridized carbons (Fsp3) is 0.750. The van der Waals surface area contributed by atoms with Crippen LogP contribution in [-0.2, 0) is 30.3 Å². The molecule has 1 heterocycles. The zero-order valence-electron chi connectivity index (χ0n) is 34.2. The number of methoxy groups -OCH3 is 1. The highest BCUT2D eigenvalue weighted by atomic mass is 32.2. The number of hydrogen-bond acceptors (Lipinski definition) is 8. The monoisotopic (exact) mass is 747 g/mol. The fourth-order valence-corrected chi connectivity index (χ4v) is 8.99. The van der Waals surface area contributed by atoms with Gasteiger partial charge in [-0.15, -0.1) is 0 Å². The van der Waals surface area contributed by atoms with Gasteiger partial charge in [0.05, 0.1) is 24.6 Å². The lowest BCUT2D eigenvalue weighted by molar-refractivity contribution is -0.146. The molecule has 0 bridgehead atoms. The highest BCUT2D eigenvalue weighted by Gasteiger charge is 2.43. The summed E-state index contributed by atoms with van der Waals surface area (Å²) in [4.78, 5) is 62.8. The largest absolute Gasteiger partial charge is 0.508 e. The van der Waals surface area contributed by atoms with E-state index in [4.69, 9.17) is 4.74 Å². The molecule has 0 spiro atoms. The zero-order chi connectivity index (χ0) is 39.4. The molecular weight excluding hydrogens is 679 g/mol. The van der Waals surface area contributed by atoms with Gasteiger partial charge in [0.15, 0.2) is 0 Å². The number of ether oxygens (including phenoxy) is 1. The summed E-state index contributed by atoms with van der Waals surface area (Å²) in [5, 5.41) is 12.8. The second kappa shape index (κ2) is 21.2. The molecule has 52 heavy (non-hydrogen) atoms. The molecule has 1 fully saturated rings. The topological polar surface area (TPSA) is 123 Å². The van der Waals surface area contributed by atoms with Crippen molar-refractivity contribution in [2.45, 2.75) is 116 Å². The van der Waals surface area contributed by atoms with E-state index in [1.165, 1.54) is 0 Å². The number of hydrogen-bond donors (Lipinski definition) is 2. The number of nitrogens with zero attached hydrogens (tertiary/aromatic N) is 4. The first-order chi connectivity index (χ1) is 24.4. The summed E-state index contributed by atoms with van der Waals surface area (Å²) in [5.74, 6) is -0.582. The summed E-state index contributed by atoms with van der Waals surface area (Å²) >= 11 is 1.63. The molecule has 1 aromatic rings. The second-order valence-corrected chi connectivity index (χ2v) is 16.7. The molecule has 1 aliphatic heterocycles. The van der Waals surface area contributed by atoms with E-state index in [1.807, 2.05) is 77.9 Å². The van der Waals surface area contributed by atoms with Crippen LogP contribution in [0.2, 0.25) is 0 Å². The van der Waals surface area contributed by atoms with Crippen LogP contribution in [0.5, 0.6) is 5.75 Å². The summed E-state index contributed by atoms with van der Waals surface area (Å²) in [6.45, 7) is 15.1. The quantitative estimate of drug-likeness (QED) is 0.196. The number of amides is 4. The summed E-state index contributed by atoms with van der Waals surface area (Å²) in [6, 6.07) is 5.47. The molecule has 1 aromatic carbocycles. The molecule has 2 N–H and O–H groups in total. The molecular formula is C40H69N5O6S. The van der Waals surface area contributed by atoms with Crippen molar-refractivity contribution in [2.24, 2.45) is 23.7 Å². The van der Waals surface area contributed by atoms with Crippen molar-refractivity contribution >= 4 is 35.4 Å². The highest BCUT2D eigenvalue weighted by Crippen LogP contribution is 2.34. The Labute approximate surface area is 318 Å². The summed E-state index contributed by atoms with van der Waals surface area (Å²) < 4.78 is 6.05. The van der Waals surface area contributed by atoms with Crippen LogP contribution in [0.1, 0.15) is 79.7 Å². The number of aromatic hydroxyl groups is 1. The van der Waals surface area contributed by atoms with Crippen molar-refractivity contribution in [1.29, 1.82) is 0 Å². The van der Waals surface area contributed by atoms with Gasteiger partial charge in [0.25, 0.3) is 0 Å². The van der Waals surface area contributed by atoms with Gasteiger partial charge in [-0.25, -0.2) is 0 Å². The van der Waals surface area contributed by atoms with Crippen molar-refractivity contribution in [3.05, 3.63) is 29.8 Å². The van der Waals surface area contributed by atoms with E-state index in [0.717, 1.165) is 24.8 Å². The minimum absolute atomic E-state index is 0.0155. The Bertz CT molecular complexity index is 1300. The maximum atomic E-state index is 14.2. The lowest BCUT2D eigenvalue weighted by atomic mass is 9.89. The molecule has 4 amide bonds. The van der Waals surface area contributed by atoms with Crippen molar-refractivity contribution in [1.82, 2.24) is 24.9 Å². The summed E-state index contributed by atoms with van der Waals surface area (Å²) in [7, 11) is 8.90. The first-order valence-corrected chi connectivity index (χ1v) is 20.3. The predicted molar refractivity (Wildman–Crippen MR) is 211 cm³/mol. The van der Waals surface area contributed by atoms with Gasteiger partial charge >= 0.3 is 0 Å². The average molecular weight is 748 g/mol. The van der Waals surface area contributed by atoms with Crippen LogP contribution in [0, 0.1) is 23.7 Å². The molecule has 4 unspecified atom stereocenters. The van der Waals surface area contributed by atoms with Gasteiger partial charge in [-0.3, -0.25) is 24.1 Å². The standard InChI is InChI=1S/C40H69N5O6S/c1-14-27(6)36(44(11)40(50)34(25(2)3)41-38(48)35(26(4)5)42(8)9)32(51-12)24-33(47)45-21-16-19-31(45)37(52-13)28(7)39(49)43(10)22-20-29-17-15-18-30(46)23-29/h15,17-18,23,25-28,31-32,34-37,46H,14,16,19-22,24H2,1-13H3,(H,41,48)/t27-,28?,31-,32?,34-,35-,36?,37?/m0/s1. The van der Waals surface area contributed by atoms with Crippen molar-refractivity contribution in [3.8, 4) is 5.75 Å². The third kappa shape index (κ3) is 11.8. The number of carbonyl (C=O) groups excluding carboxylic acids is 4. The number of likely N-dealkylation sites (N-methyl/N-ethyl adjacent to an activating group) is 3. The number of likely N-dealkylation sites (tertiary alicyclic amines) is 1. The van der Waals surface area contributed by atoms with Gasteiger partial charge in [-0.05, 0) is 75.1 Å². The van der Waals surface area contributed by atoms with Gasteiger partial charge in [-0.1, -0.05) is 67.0 Å². The van der Waals surface area contributed by atoms with E-state index >= 15 is 0 Å². The highest BCUT2D eigenvalue weighted by molar-refractivity contribution is 7.99. The number of phenolic OH excluding ortho intramolecular Hbond substituents is 1. The van der Waals surface area contributed by atoms with Gasteiger partial charge in [-0.2, -0.15) is 11.8 Å². The SMILES string of the molecule is CC[C@H](C)C(C(CC(=O)N1CCC[C@H]1C(SC)C(C)C(=O)N(C)CCc1cccc(O)c1)OC)N(C)C(=O)[C@@H](NC(=O)[C@H](C(C)C)N(C)C)C(C)C. The van der Waals surface area contributed by atoms with Crippen LogP contribution in [0.25, 0.3) is 0 Å². The molecule has 11 nitrogen and oxygen atoms in total. The Morgan fingerprint density at radius 2 is 1.67 bits per heavy atom. The van der Waals surface area contributed by atoms with Crippen LogP contribution in [0.4, 0.5) is 0 Å². The van der Waals surface area contributed by atoms with Gasteiger partial charge in [0.2, 0.25) is 23.6 Å². The summed E-state index contributed by atoms with van der Waals surface area (Å²) in [6.07, 6.45) is 4.60. The predicted octanol–water partition coefficient (Wildman–Crippen LogP) is 4.76. The minimum Gasteiger partial charge on any atom is -0.508 e. The molecule has 0 radical (unpaired) electrons. The lowest BCUT2D eigenvalue weighted by Gasteiger charge is -2.41. The van der Waals surface area contributed by atoms with E-state index in [-0.39, 0.29) is 76.8 Å². The van der Waals surface area contributed by atoms with E-state index in [2.05, 4.69) is 19.2 Å². The third-order valence-corrected chi connectivity index (χ3v) is 12.2. The first kappa shape index (κ1) is 45.3. The van der Waals surface area contributed by atoms with Gasteiger partial charge < -0.3 is 29.9 Å². The molecule has 0 saturated carbocycles. The van der Waals surface area contributed by atoms with Crippen LogP contribution in [-0.4, -0.2) is 139 Å². The van der Waals surface area contributed by atoms with Gasteiger partial charge in [0.1, 0.15) is 11.8 Å². The first-order valence-electron chi connectivity index (χ1n) is 19.0. The lowest BCUT2D eigenvalue weighted by Crippen LogP contribution is -2.59. The van der Waals surface area contributed by atoms with Crippen molar-refractivity contribution in [2.75, 3.05) is 54.6 Å². The van der Waals surface area contributed by atoms with E-state index in [0.29, 0.717) is 19.5 Å². The molecule has 1 saturated heterocycles. The minimum atomic E-state index is -0.735. The van der Waals surface area contributed by atoms with Crippen LogP contribution in [0.3, 0.4) is 0 Å². The van der Waals surface area contributed by atoms with E-state index < -0.39 is 18.2 Å². The Morgan fingerprint density at radius 1 is 1.02 bits per heavy atom. The average Bonchev–Trinajstić information content (AvgIpc) is 3.57. The maximum absolute atomic E-state index is 14.2. The van der Waals surface area contributed by atoms with Crippen LogP contribution >= 0.6 is 11.8 Å².